The smallest absolute Gasteiger partial charge is 0.240 e. The van der Waals surface area contributed by atoms with Gasteiger partial charge in [-0.25, -0.2) is 13.1 Å². The van der Waals surface area contributed by atoms with Gasteiger partial charge in [0, 0.05) is 13.1 Å². The van der Waals surface area contributed by atoms with Gasteiger partial charge in [0.1, 0.15) is 0 Å². The summed E-state index contributed by atoms with van der Waals surface area (Å²) in [6, 6.07) is 7.11. The van der Waals surface area contributed by atoms with Crippen LogP contribution in [0, 0.1) is 11.8 Å². The Morgan fingerprint density at radius 3 is 2.45 bits per heavy atom. The lowest BCUT2D eigenvalue weighted by molar-refractivity contribution is 0.574. The van der Waals surface area contributed by atoms with Gasteiger partial charge in [0.2, 0.25) is 10.0 Å². The third-order valence-corrected chi connectivity index (χ3v) is 5.24. The molecule has 2 N–H and O–H groups in total. The molecule has 0 bridgehead atoms. The second kappa shape index (κ2) is 6.70. The summed E-state index contributed by atoms with van der Waals surface area (Å²) in [6.45, 7) is 6.58. The number of rotatable bonds is 8. The van der Waals surface area contributed by atoms with Crippen LogP contribution in [0.4, 0.5) is 0 Å². The lowest BCUT2D eigenvalue weighted by Crippen LogP contribution is -2.26. The summed E-state index contributed by atoms with van der Waals surface area (Å²) in [6.07, 6.45) is 2.22. The fourth-order valence-corrected chi connectivity index (χ4v) is 3.27. The molecule has 2 unspecified atom stereocenters. The highest BCUT2D eigenvalue weighted by atomic mass is 32.2. The summed E-state index contributed by atoms with van der Waals surface area (Å²) in [4.78, 5) is 0.352. The van der Waals surface area contributed by atoms with Crippen molar-refractivity contribution in [2.45, 2.75) is 38.1 Å². The first-order valence-electron chi connectivity index (χ1n) is 7.32. The molecule has 2 rings (SSSR count). The minimum Gasteiger partial charge on any atom is -0.313 e. The van der Waals surface area contributed by atoms with Crippen LogP contribution in [0.3, 0.4) is 0 Å². The van der Waals surface area contributed by atoms with Crippen molar-refractivity contribution in [1.82, 2.24) is 10.0 Å². The highest BCUT2D eigenvalue weighted by molar-refractivity contribution is 7.89. The molecule has 0 spiro atoms. The normalized spacial score (nSPS) is 21.9. The van der Waals surface area contributed by atoms with Crippen LogP contribution in [0.5, 0.6) is 0 Å². The molecule has 1 aliphatic rings. The lowest BCUT2D eigenvalue weighted by atomic mass is 10.2. The number of sulfonamides is 1. The highest BCUT2D eigenvalue weighted by Crippen LogP contribution is 2.37. The zero-order chi connectivity index (χ0) is 14.6. The Kier molecular flexibility index (Phi) is 5.18. The van der Waals surface area contributed by atoms with Gasteiger partial charge in [-0.1, -0.05) is 26.0 Å². The van der Waals surface area contributed by atoms with E-state index >= 15 is 0 Å². The van der Waals surface area contributed by atoms with E-state index in [1.807, 2.05) is 12.1 Å². The molecule has 1 aromatic carbocycles. The van der Waals surface area contributed by atoms with Crippen molar-refractivity contribution in [2.75, 3.05) is 13.1 Å². The summed E-state index contributed by atoms with van der Waals surface area (Å²) in [5, 5.41) is 3.30. The maximum atomic E-state index is 12.1. The van der Waals surface area contributed by atoms with Crippen LogP contribution in [0.1, 0.15) is 32.3 Å². The van der Waals surface area contributed by atoms with Gasteiger partial charge in [0.25, 0.3) is 0 Å². The summed E-state index contributed by atoms with van der Waals surface area (Å²) in [7, 11) is -3.35. The molecule has 1 aromatic rings. The van der Waals surface area contributed by atoms with Crippen molar-refractivity contribution in [1.29, 1.82) is 0 Å². The van der Waals surface area contributed by atoms with Crippen molar-refractivity contribution >= 4 is 10.0 Å². The molecule has 112 valence electrons. The molecule has 5 heteroatoms. The minimum atomic E-state index is -3.35. The van der Waals surface area contributed by atoms with Crippen molar-refractivity contribution in [2.24, 2.45) is 11.8 Å². The molecule has 1 aliphatic carbocycles. The van der Waals surface area contributed by atoms with Crippen LogP contribution in [-0.2, 0) is 16.6 Å². The molecular weight excluding hydrogens is 272 g/mol. The Balaban J connectivity index is 1.90. The Labute approximate surface area is 122 Å². The highest BCUT2D eigenvalue weighted by Gasteiger charge is 2.33. The average Bonchev–Trinajstić information content (AvgIpc) is 3.14. The van der Waals surface area contributed by atoms with Crippen LogP contribution in [0.15, 0.2) is 29.2 Å². The van der Waals surface area contributed by atoms with E-state index in [9.17, 15) is 8.42 Å². The Morgan fingerprint density at radius 1 is 1.25 bits per heavy atom. The molecule has 4 nitrogen and oxygen atoms in total. The standard InChI is InChI=1S/C15H24N2O2S/c1-3-8-16-10-13-4-6-15(7-5-13)20(18,19)17-11-14-9-12(14)2/h4-7,12,14,16-17H,3,8-11H2,1-2H3. The second-order valence-electron chi connectivity index (χ2n) is 5.65. The van der Waals surface area contributed by atoms with Crippen LogP contribution >= 0.6 is 0 Å². The molecule has 0 saturated heterocycles. The van der Waals surface area contributed by atoms with Gasteiger partial charge in [-0.2, -0.15) is 0 Å². The monoisotopic (exact) mass is 296 g/mol. The Bertz CT molecular complexity index is 525. The maximum absolute atomic E-state index is 12.1. The van der Waals surface area contributed by atoms with Crippen LogP contribution in [0.2, 0.25) is 0 Å². The molecular formula is C15H24N2O2S. The van der Waals surface area contributed by atoms with Gasteiger partial charge in [0.05, 0.1) is 4.90 Å². The van der Waals surface area contributed by atoms with Gasteiger partial charge in [-0.3, -0.25) is 0 Å². The second-order valence-corrected chi connectivity index (χ2v) is 7.41. The molecule has 0 amide bonds. The summed E-state index contributed by atoms with van der Waals surface area (Å²) >= 11 is 0. The van der Waals surface area contributed by atoms with E-state index in [-0.39, 0.29) is 0 Å². The molecule has 0 aliphatic heterocycles. The first kappa shape index (κ1) is 15.5. The van der Waals surface area contributed by atoms with Gasteiger partial charge in [-0.15, -0.1) is 0 Å². The largest absolute Gasteiger partial charge is 0.313 e. The number of benzene rings is 1. The first-order valence-corrected chi connectivity index (χ1v) is 8.80. The lowest BCUT2D eigenvalue weighted by Gasteiger charge is -2.08. The fourth-order valence-electron chi connectivity index (χ4n) is 2.18. The Hall–Kier alpha value is -0.910. The zero-order valence-corrected chi connectivity index (χ0v) is 13.0. The van der Waals surface area contributed by atoms with E-state index in [0.29, 0.717) is 23.3 Å². The quantitative estimate of drug-likeness (QED) is 0.723. The first-order chi connectivity index (χ1) is 9.53. The Morgan fingerprint density at radius 2 is 1.90 bits per heavy atom. The van der Waals surface area contributed by atoms with Crippen LogP contribution < -0.4 is 10.0 Å². The van der Waals surface area contributed by atoms with Crippen molar-refractivity contribution < 1.29 is 8.42 Å². The van der Waals surface area contributed by atoms with Crippen molar-refractivity contribution in [3.63, 3.8) is 0 Å². The SMILES string of the molecule is CCCNCc1ccc(S(=O)(=O)NCC2CC2C)cc1. The molecule has 1 saturated carbocycles. The van der Waals surface area contributed by atoms with Gasteiger partial charge >= 0.3 is 0 Å². The van der Waals surface area contributed by atoms with Crippen molar-refractivity contribution in [3.05, 3.63) is 29.8 Å². The number of hydrogen-bond acceptors (Lipinski definition) is 3. The van der Waals surface area contributed by atoms with E-state index in [0.717, 1.165) is 31.5 Å². The van der Waals surface area contributed by atoms with Gasteiger partial charge in [0.15, 0.2) is 0 Å². The van der Waals surface area contributed by atoms with Crippen LogP contribution in [-0.4, -0.2) is 21.5 Å². The molecule has 0 heterocycles. The maximum Gasteiger partial charge on any atom is 0.240 e. The van der Waals surface area contributed by atoms with Crippen LogP contribution in [0.25, 0.3) is 0 Å². The average molecular weight is 296 g/mol. The van der Waals surface area contributed by atoms with E-state index in [1.54, 1.807) is 12.1 Å². The van der Waals surface area contributed by atoms with E-state index in [2.05, 4.69) is 23.9 Å². The van der Waals surface area contributed by atoms with Gasteiger partial charge < -0.3 is 5.32 Å². The third kappa shape index (κ3) is 4.30. The molecule has 1 fully saturated rings. The van der Waals surface area contributed by atoms with Gasteiger partial charge in [-0.05, 0) is 48.9 Å². The number of nitrogens with one attached hydrogen (secondary N) is 2. The molecule has 2 atom stereocenters. The molecule has 0 radical (unpaired) electrons. The fraction of sp³-hybridized carbons (Fsp3) is 0.600. The predicted molar refractivity (Wildman–Crippen MR) is 80.9 cm³/mol. The molecule has 0 aromatic heterocycles. The predicted octanol–water partition coefficient (Wildman–Crippen LogP) is 2.12. The third-order valence-electron chi connectivity index (χ3n) is 3.80. The summed E-state index contributed by atoms with van der Waals surface area (Å²) in [5.41, 5.74) is 1.10. The van der Waals surface area contributed by atoms with E-state index in [1.165, 1.54) is 0 Å². The summed E-state index contributed by atoms with van der Waals surface area (Å²) < 4.78 is 26.9. The summed E-state index contributed by atoms with van der Waals surface area (Å²) in [5.74, 6) is 1.17. The number of hydrogen-bond donors (Lipinski definition) is 2. The minimum absolute atomic E-state index is 0.352. The van der Waals surface area contributed by atoms with E-state index < -0.39 is 10.0 Å². The molecule has 20 heavy (non-hydrogen) atoms. The van der Waals surface area contributed by atoms with E-state index in [4.69, 9.17) is 0 Å². The zero-order valence-electron chi connectivity index (χ0n) is 12.2. The van der Waals surface area contributed by atoms with Crippen molar-refractivity contribution in [3.8, 4) is 0 Å². The topological polar surface area (TPSA) is 58.2 Å².